The Hall–Kier alpha value is -2.45. The molecule has 5 nitrogen and oxygen atoms in total. The van der Waals surface area contributed by atoms with Gasteiger partial charge in [-0.25, -0.2) is 0 Å². The summed E-state index contributed by atoms with van der Waals surface area (Å²) in [5.41, 5.74) is 2.47. The lowest BCUT2D eigenvalue weighted by molar-refractivity contribution is -0.123. The molecule has 0 N–H and O–H groups in total. The number of benzene rings is 3. The van der Waals surface area contributed by atoms with Crippen molar-refractivity contribution in [1.82, 2.24) is 4.90 Å². The fourth-order valence-electron chi connectivity index (χ4n) is 3.26. The number of carbonyl (C=O) groups excluding carboxylic acids is 2. The molecule has 1 saturated heterocycles. The van der Waals surface area contributed by atoms with Crippen molar-refractivity contribution < 1.29 is 19.1 Å². The molecule has 9 heteroatoms. The number of thioether (sulfide) groups is 1. The fourth-order valence-corrected chi connectivity index (χ4v) is 4.92. The van der Waals surface area contributed by atoms with Crippen LogP contribution in [0.25, 0.3) is 6.08 Å². The van der Waals surface area contributed by atoms with Gasteiger partial charge in [0.2, 0.25) is 0 Å². The summed E-state index contributed by atoms with van der Waals surface area (Å²) in [5, 5.41) is 0.933. The zero-order valence-electron chi connectivity index (χ0n) is 17.9. The predicted octanol–water partition coefficient (Wildman–Crippen LogP) is 7.58. The van der Waals surface area contributed by atoms with Crippen molar-refractivity contribution in [3.05, 3.63) is 96.8 Å². The van der Waals surface area contributed by atoms with Crippen molar-refractivity contribution in [2.45, 2.75) is 13.2 Å². The summed E-state index contributed by atoms with van der Waals surface area (Å²) in [6, 6.07) is 18.0. The standard InChI is InChI=1S/C25H18BrCl2NO4S/c1-32-21-11-17(10-20(26)23(21)33-14-16-4-8-19(28)9-5-16)12-22-24(30)29(25(31)34-22)13-15-2-6-18(27)7-3-15/h2-12H,13-14H2,1H3/b22-12-. The average Bonchev–Trinajstić information content (AvgIpc) is 3.07. The van der Waals surface area contributed by atoms with E-state index in [4.69, 9.17) is 32.7 Å². The monoisotopic (exact) mass is 577 g/mol. The Kier molecular flexibility index (Phi) is 7.88. The Balaban J connectivity index is 1.52. The van der Waals surface area contributed by atoms with Gasteiger partial charge >= 0.3 is 0 Å². The van der Waals surface area contributed by atoms with Gasteiger partial charge < -0.3 is 9.47 Å². The number of ether oxygens (including phenoxy) is 2. The van der Waals surface area contributed by atoms with Gasteiger partial charge in [-0.3, -0.25) is 14.5 Å². The maximum absolute atomic E-state index is 12.9. The van der Waals surface area contributed by atoms with Crippen LogP contribution < -0.4 is 9.47 Å². The van der Waals surface area contributed by atoms with E-state index < -0.39 is 0 Å². The van der Waals surface area contributed by atoms with Gasteiger partial charge in [0.05, 0.1) is 23.0 Å². The van der Waals surface area contributed by atoms with E-state index in [1.165, 1.54) is 4.90 Å². The van der Waals surface area contributed by atoms with E-state index in [9.17, 15) is 9.59 Å². The number of amides is 2. The highest BCUT2D eigenvalue weighted by Crippen LogP contribution is 2.39. The Morgan fingerprint density at radius 1 is 0.971 bits per heavy atom. The van der Waals surface area contributed by atoms with Gasteiger partial charge in [0.25, 0.3) is 11.1 Å². The van der Waals surface area contributed by atoms with Gasteiger partial charge in [0.1, 0.15) is 6.61 Å². The quantitative estimate of drug-likeness (QED) is 0.270. The van der Waals surface area contributed by atoms with Crippen LogP contribution in [0.15, 0.2) is 70.0 Å². The minimum Gasteiger partial charge on any atom is -0.493 e. The van der Waals surface area contributed by atoms with Gasteiger partial charge in [-0.15, -0.1) is 0 Å². The molecule has 1 heterocycles. The zero-order chi connectivity index (χ0) is 24.2. The van der Waals surface area contributed by atoms with Crippen LogP contribution in [0.1, 0.15) is 16.7 Å². The van der Waals surface area contributed by atoms with E-state index >= 15 is 0 Å². The van der Waals surface area contributed by atoms with Crippen LogP contribution in [0.4, 0.5) is 4.79 Å². The predicted molar refractivity (Wildman–Crippen MR) is 139 cm³/mol. The number of halogens is 3. The molecular formula is C25H18BrCl2NO4S. The Bertz CT molecular complexity index is 1260. The molecule has 0 unspecified atom stereocenters. The molecule has 0 spiro atoms. The average molecular weight is 579 g/mol. The summed E-state index contributed by atoms with van der Waals surface area (Å²) >= 11 is 16.3. The lowest BCUT2D eigenvalue weighted by Gasteiger charge is -2.14. The first-order chi connectivity index (χ1) is 16.3. The highest BCUT2D eigenvalue weighted by molar-refractivity contribution is 9.10. The van der Waals surface area contributed by atoms with E-state index in [0.29, 0.717) is 43.1 Å². The molecule has 34 heavy (non-hydrogen) atoms. The molecule has 0 aromatic heterocycles. The summed E-state index contributed by atoms with van der Waals surface area (Å²) < 4.78 is 12.1. The Morgan fingerprint density at radius 3 is 2.21 bits per heavy atom. The number of rotatable bonds is 7. The first kappa shape index (κ1) is 24.7. The molecule has 1 fully saturated rings. The SMILES string of the molecule is COc1cc(/C=C2\SC(=O)N(Cc3ccc(Cl)cc3)C2=O)cc(Br)c1OCc1ccc(Cl)cc1. The van der Waals surface area contributed by atoms with Gasteiger partial charge in [0, 0.05) is 10.0 Å². The summed E-state index contributed by atoms with van der Waals surface area (Å²) in [6.45, 7) is 0.513. The van der Waals surface area contributed by atoms with Crippen molar-refractivity contribution in [2.75, 3.05) is 7.11 Å². The van der Waals surface area contributed by atoms with E-state index in [-0.39, 0.29) is 17.7 Å². The molecule has 0 radical (unpaired) electrons. The molecule has 0 bridgehead atoms. The highest BCUT2D eigenvalue weighted by Gasteiger charge is 2.35. The second-order valence-electron chi connectivity index (χ2n) is 7.34. The Morgan fingerprint density at radius 2 is 1.59 bits per heavy atom. The number of nitrogens with zero attached hydrogens (tertiary/aromatic N) is 1. The molecule has 3 aromatic carbocycles. The van der Waals surface area contributed by atoms with Crippen molar-refractivity contribution in [1.29, 1.82) is 0 Å². The maximum atomic E-state index is 12.9. The fraction of sp³-hybridized carbons (Fsp3) is 0.120. The molecule has 0 saturated carbocycles. The third-order valence-corrected chi connectivity index (χ3v) is 6.97. The van der Waals surface area contributed by atoms with E-state index in [1.807, 2.05) is 18.2 Å². The lowest BCUT2D eigenvalue weighted by Crippen LogP contribution is -2.27. The highest BCUT2D eigenvalue weighted by atomic mass is 79.9. The van der Waals surface area contributed by atoms with E-state index in [2.05, 4.69) is 15.9 Å². The minimum absolute atomic E-state index is 0.184. The van der Waals surface area contributed by atoms with E-state index in [1.54, 1.807) is 55.7 Å². The maximum Gasteiger partial charge on any atom is 0.293 e. The third-order valence-electron chi connectivity index (χ3n) is 4.97. The van der Waals surface area contributed by atoms with Crippen molar-refractivity contribution in [3.8, 4) is 11.5 Å². The molecule has 4 rings (SSSR count). The van der Waals surface area contributed by atoms with Crippen LogP contribution in [0.5, 0.6) is 11.5 Å². The molecule has 1 aliphatic rings. The topological polar surface area (TPSA) is 55.8 Å². The van der Waals surface area contributed by atoms with Crippen LogP contribution in [0.2, 0.25) is 10.0 Å². The molecular weight excluding hydrogens is 561 g/mol. The largest absolute Gasteiger partial charge is 0.493 e. The molecule has 2 amide bonds. The van der Waals surface area contributed by atoms with Crippen molar-refractivity contribution in [3.63, 3.8) is 0 Å². The van der Waals surface area contributed by atoms with Gasteiger partial charge in [-0.2, -0.15) is 0 Å². The van der Waals surface area contributed by atoms with Crippen molar-refractivity contribution >= 4 is 68.1 Å². The second kappa shape index (κ2) is 10.9. The summed E-state index contributed by atoms with van der Waals surface area (Å²) in [4.78, 5) is 26.9. The molecule has 1 aliphatic heterocycles. The summed E-state index contributed by atoms with van der Waals surface area (Å²) in [6.07, 6.45) is 1.67. The second-order valence-corrected chi connectivity index (χ2v) is 10.1. The van der Waals surface area contributed by atoms with Gasteiger partial charge in [-0.05, 0) is 86.9 Å². The number of imide groups is 1. The summed E-state index contributed by atoms with van der Waals surface area (Å²) in [7, 11) is 1.54. The molecule has 174 valence electrons. The van der Waals surface area contributed by atoms with Crippen molar-refractivity contribution in [2.24, 2.45) is 0 Å². The first-order valence-corrected chi connectivity index (χ1v) is 12.4. The molecule has 0 atom stereocenters. The molecule has 0 aliphatic carbocycles. The summed E-state index contributed by atoms with van der Waals surface area (Å²) in [5.74, 6) is 0.684. The minimum atomic E-state index is -0.344. The molecule has 3 aromatic rings. The number of hydrogen-bond acceptors (Lipinski definition) is 5. The van der Waals surface area contributed by atoms with E-state index in [0.717, 1.165) is 22.9 Å². The van der Waals surface area contributed by atoms with Crippen LogP contribution in [0, 0.1) is 0 Å². The zero-order valence-corrected chi connectivity index (χ0v) is 21.8. The number of hydrogen-bond donors (Lipinski definition) is 0. The first-order valence-electron chi connectivity index (χ1n) is 10.1. The van der Waals surface area contributed by atoms with Gasteiger partial charge in [0.15, 0.2) is 11.5 Å². The smallest absolute Gasteiger partial charge is 0.293 e. The number of carbonyl (C=O) groups is 2. The van der Waals surface area contributed by atoms with Crippen LogP contribution in [0.3, 0.4) is 0 Å². The number of methoxy groups -OCH3 is 1. The third kappa shape index (κ3) is 5.78. The van der Waals surface area contributed by atoms with Crippen LogP contribution >= 0.6 is 50.9 Å². The van der Waals surface area contributed by atoms with Gasteiger partial charge in [-0.1, -0.05) is 47.5 Å². The Labute approximate surface area is 219 Å². The van der Waals surface area contributed by atoms with Crippen LogP contribution in [-0.4, -0.2) is 23.2 Å². The lowest BCUT2D eigenvalue weighted by atomic mass is 10.1. The normalized spacial score (nSPS) is 14.7. The van der Waals surface area contributed by atoms with Crippen LogP contribution in [-0.2, 0) is 17.9 Å².